The Morgan fingerprint density at radius 2 is 1.89 bits per heavy atom. The van der Waals surface area contributed by atoms with Crippen molar-refractivity contribution in [3.05, 3.63) is 77.4 Å². The molecule has 1 N–H and O–H groups in total. The maximum atomic E-state index is 11.9. The molecule has 0 fully saturated rings. The van der Waals surface area contributed by atoms with Crippen molar-refractivity contribution in [1.82, 2.24) is 0 Å². The van der Waals surface area contributed by atoms with Crippen LogP contribution in [-0.2, 0) is 26.0 Å². The number of carbonyl (C=O) groups is 1. The number of esters is 1. The van der Waals surface area contributed by atoms with Crippen molar-refractivity contribution in [2.75, 3.05) is 24.7 Å². The van der Waals surface area contributed by atoms with Crippen LogP contribution in [0.2, 0.25) is 0 Å². The van der Waals surface area contributed by atoms with E-state index in [1.165, 1.54) is 0 Å². The van der Waals surface area contributed by atoms with Crippen LogP contribution in [0.25, 0.3) is 11.1 Å². The Morgan fingerprint density at radius 3 is 2.63 bits per heavy atom. The fraction of sp³-hybridized carbons (Fsp3) is 0.296. The van der Waals surface area contributed by atoms with Gasteiger partial charge < -0.3 is 14.2 Å². The van der Waals surface area contributed by atoms with Crippen LogP contribution in [0.15, 0.2) is 60.7 Å². The second-order valence-electron chi connectivity index (χ2n) is 8.41. The number of ether oxygens (including phenoxy) is 3. The average Bonchev–Trinajstić information content (AvgIpc) is 2.82. The summed E-state index contributed by atoms with van der Waals surface area (Å²) < 4.78 is 43.4. The summed E-state index contributed by atoms with van der Waals surface area (Å²) >= 11 is 0. The molecule has 1 aliphatic rings. The predicted octanol–water partition coefficient (Wildman–Crippen LogP) is 5.10. The molecule has 0 saturated carbocycles. The number of aryl methyl sites for hydroxylation is 1. The standard InChI is InChI=1S/C27H29NO6S/c1-4-33-25(29)13-6-9-18-8-5-10-19(16-18)27-22-17-20(28-35(3,30)31)14-15-21(22)26-23(32-2)11-7-12-24(26)34-27/h5,7-8,10-12,14-17,27-28H,4,6,9,13H2,1-3H3. The molecule has 8 heteroatoms. The van der Waals surface area contributed by atoms with Gasteiger partial charge in [-0.15, -0.1) is 0 Å². The zero-order valence-electron chi connectivity index (χ0n) is 20.0. The lowest BCUT2D eigenvalue weighted by molar-refractivity contribution is -0.143. The summed E-state index contributed by atoms with van der Waals surface area (Å²) in [6.07, 6.45) is 2.46. The lowest BCUT2D eigenvalue weighted by atomic mass is 9.88. The lowest BCUT2D eigenvalue weighted by Crippen LogP contribution is -2.17. The summed E-state index contributed by atoms with van der Waals surface area (Å²) in [7, 11) is -1.83. The highest BCUT2D eigenvalue weighted by Crippen LogP contribution is 2.49. The van der Waals surface area contributed by atoms with Crippen LogP contribution in [0.1, 0.15) is 42.6 Å². The molecule has 1 unspecified atom stereocenters. The Hall–Kier alpha value is -3.52. The predicted molar refractivity (Wildman–Crippen MR) is 135 cm³/mol. The van der Waals surface area contributed by atoms with Crippen molar-refractivity contribution in [3.63, 3.8) is 0 Å². The summed E-state index contributed by atoms with van der Waals surface area (Å²) in [4.78, 5) is 11.7. The molecule has 184 valence electrons. The molecule has 0 radical (unpaired) electrons. The second-order valence-corrected chi connectivity index (χ2v) is 10.2. The molecule has 1 heterocycles. The molecule has 3 aromatic rings. The summed E-state index contributed by atoms with van der Waals surface area (Å²) in [5.74, 6) is 1.18. The van der Waals surface area contributed by atoms with Gasteiger partial charge in [0.2, 0.25) is 10.0 Å². The Balaban J connectivity index is 1.71. The third-order valence-electron chi connectivity index (χ3n) is 5.76. The molecule has 0 saturated heterocycles. The van der Waals surface area contributed by atoms with E-state index in [4.69, 9.17) is 14.2 Å². The number of hydrogen-bond acceptors (Lipinski definition) is 6. The van der Waals surface area contributed by atoms with E-state index in [-0.39, 0.29) is 5.97 Å². The molecule has 0 spiro atoms. The van der Waals surface area contributed by atoms with E-state index in [1.807, 2.05) is 48.5 Å². The smallest absolute Gasteiger partial charge is 0.305 e. The number of anilines is 1. The summed E-state index contributed by atoms with van der Waals surface area (Å²) in [6.45, 7) is 2.18. The van der Waals surface area contributed by atoms with Crippen LogP contribution in [0.3, 0.4) is 0 Å². The minimum Gasteiger partial charge on any atom is -0.496 e. The highest BCUT2D eigenvalue weighted by Gasteiger charge is 2.30. The maximum Gasteiger partial charge on any atom is 0.305 e. The van der Waals surface area contributed by atoms with Gasteiger partial charge in [-0.1, -0.05) is 36.4 Å². The van der Waals surface area contributed by atoms with Crippen LogP contribution < -0.4 is 14.2 Å². The molecular weight excluding hydrogens is 466 g/mol. The second kappa shape index (κ2) is 10.4. The number of carbonyl (C=O) groups excluding carboxylic acids is 1. The fourth-order valence-corrected chi connectivity index (χ4v) is 4.90. The first-order chi connectivity index (χ1) is 16.8. The monoisotopic (exact) mass is 495 g/mol. The number of nitrogens with one attached hydrogen (secondary N) is 1. The lowest BCUT2D eigenvalue weighted by Gasteiger charge is -2.30. The molecule has 3 aromatic carbocycles. The molecule has 0 bridgehead atoms. The number of benzene rings is 3. The minimum atomic E-state index is -3.44. The Kier molecular flexibility index (Phi) is 7.31. The van der Waals surface area contributed by atoms with E-state index in [1.54, 1.807) is 20.1 Å². The van der Waals surface area contributed by atoms with Gasteiger partial charge >= 0.3 is 5.97 Å². The van der Waals surface area contributed by atoms with Crippen LogP contribution in [0.5, 0.6) is 11.5 Å². The average molecular weight is 496 g/mol. The van der Waals surface area contributed by atoms with E-state index in [9.17, 15) is 13.2 Å². The largest absolute Gasteiger partial charge is 0.496 e. The molecule has 1 aliphatic heterocycles. The number of methoxy groups -OCH3 is 1. The first-order valence-corrected chi connectivity index (χ1v) is 13.4. The van der Waals surface area contributed by atoms with Crippen LogP contribution >= 0.6 is 0 Å². The topological polar surface area (TPSA) is 90.9 Å². The quantitative estimate of drug-likeness (QED) is 0.415. The first-order valence-electron chi connectivity index (χ1n) is 11.5. The molecule has 0 aromatic heterocycles. The van der Waals surface area contributed by atoms with Crippen LogP contribution in [-0.4, -0.2) is 34.4 Å². The zero-order valence-corrected chi connectivity index (χ0v) is 20.9. The molecule has 7 nitrogen and oxygen atoms in total. The van der Waals surface area contributed by atoms with Crippen molar-refractivity contribution < 1.29 is 27.4 Å². The highest BCUT2D eigenvalue weighted by molar-refractivity contribution is 7.92. The molecule has 1 atom stereocenters. The minimum absolute atomic E-state index is 0.190. The molecule has 35 heavy (non-hydrogen) atoms. The van der Waals surface area contributed by atoms with Crippen molar-refractivity contribution in [2.45, 2.75) is 32.3 Å². The van der Waals surface area contributed by atoms with E-state index in [2.05, 4.69) is 10.8 Å². The van der Waals surface area contributed by atoms with Crippen molar-refractivity contribution in [3.8, 4) is 22.6 Å². The van der Waals surface area contributed by atoms with E-state index >= 15 is 0 Å². The van der Waals surface area contributed by atoms with Crippen molar-refractivity contribution in [2.24, 2.45) is 0 Å². The SMILES string of the molecule is CCOC(=O)CCCc1cccc(C2Oc3cccc(OC)c3-c3ccc(NS(C)(=O)=O)cc32)c1. The van der Waals surface area contributed by atoms with Crippen LogP contribution in [0.4, 0.5) is 5.69 Å². The van der Waals surface area contributed by atoms with E-state index < -0.39 is 16.1 Å². The van der Waals surface area contributed by atoms with Gasteiger partial charge in [0.15, 0.2) is 0 Å². The summed E-state index contributed by atoms with van der Waals surface area (Å²) in [5, 5.41) is 0. The van der Waals surface area contributed by atoms with Crippen molar-refractivity contribution >= 4 is 21.7 Å². The fourth-order valence-electron chi connectivity index (χ4n) is 4.35. The zero-order chi connectivity index (χ0) is 25.0. The number of fused-ring (bicyclic) bond motifs is 3. The Morgan fingerprint density at radius 1 is 1.09 bits per heavy atom. The van der Waals surface area contributed by atoms with Gasteiger partial charge in [-0.05, 0) is 60.7 Å². The van der Waals surface area contributed by atoms with Gasteiger partial charge in [0, 0.05) is 17.7 Å². The van der Waals surface area contributed by atoms with Crippen molar-refractivity contribution in [1.29, 1.82) is 0 Å². The van der Waals surface area contributed by atoms with Gasteiger partial charge in [0.1, 0.15) is 17.6 Å². The summed E-state index contributed by atoms with van der Waals surface area (Å²) in [5.41, 5.74) is 5.06. The Labute approximate surface area is 206 Å². The number of sulfonamides is 1. The third-order valence-corrected chi connectivity index (χ3v) is 6.37. The molecule has 0 aliphatic carbocycles. The van der Waals surface area contributed by atoms with E-state index in [0.29, 0.717) is 36.6 Å². The third kappa shape index (κ3) is 5.77. The molecule has 4 rings (SSSR count). The normalized spacial score (nSPS) is 14.3. The number of rotatable bonds is 9. The number of hydrogen-bond donors (Lipinski definition) is 1. The first kappa shape index (κ1) is 24.6. The molecule has 0 amide bonds. The van der Waals surface area contributed by atoms with Gasteiger partial charge in [0.05, 0.1) is 25.5 Å². The highest BCUT2D eigenvalue weighted by atomic mass is 32.2. The van der Waals surface area contributed by atoms with Gasteiger partial charge in [-0.2, -0.15) is 0 Å². The summed E-state index contributed by atoms with van der Waals surface area (Å²) in [6, 6.07) is 19.2. The van der Waals surface area contributed by atoms with Crippen LogP contribution in [0, 0.1) is 0 Å². The van der Waals surface area contributed by atoms with E-state index in [0.717, 1.165) is 40.5 Å². The molecular formula is C27H29NO6S. The Bertz CT molecular complexity index is 1340. The van der Waals surface area contributed by atoms with Gasteiger partial charge in [-0.3, -0.25) is 9.52 Å². The van der Waals surface area contributed by atoms with Gasteiger partial charge in [-0.25, -0.2) is 8.42 Å². The maximum absolute atomic E-state index is 11.9. The van der Waals surface area contributed by atoms with Gasteiger partial charge in [0.25, 0.3) is 0 Å².